The molecule has 1 aliphatic carbocycles. The van der Waals surface area contributed by atoms with Crippen molar-refractivity contribution >= 4 is 38.9 Å². The minimum atomic E-state index is -1.06. The first-order valence-electron chi connectivity index (χ1n) is 9.43. The van der Waals surface area contributed by atoms with Crippen LogP contribution in [-0.4, -0.2) is 32.8 Å². The highest BCUT2D eigenvalue weighted by molar-refractivity contribution is 7.16. The van der Waals surface area contributed by atoms with Gasteiger partial charge in [0.2, 0.25) is 0 Å². The SMILES string of the molecule is O=C(O)c1csc(C(O)CC[C@H]2CCCC2COc2ccc3scnc3c2)n1. The Morgan fingerprint density at radius 1 is 1.29 bits per heavy atom. The summed E-state index contributed by atoms with van der Waals surface area (Å²) in [5.41, 5.74) is 2.82. The number of fused-ring (bicyclic) bond motifs is 1. The average Bonchev–Trinajstić information content (AvgIpc) is 3.44. The molecule has 1 aromatic carbocycles. The maximum atomic E-state index is 10.9. The van der Waals surface area contributed by atoms with Crippen LogP contribution in [-0.2, 0) is 0 Å². The number of benzene rings is 1. The Balaban J connectivity index is 1.29. The highest BCUT2D eigenvalue weighted by Gasteiger charge is 2.29. The van der Waals surface area contributed by atoms with E-state index in [2.05, 4.69) is 9.97 Å². The largest absolute Gasteiger partial charge is 0.493 e. The van der Waals surface area contributed by atoms with Gasteiger partial charge in [0.1, 0.15) is 16.9 Å². The van der Waals surface area contributed by atoms with Gasteiger partial charge in [0.15, 0.2) is 5.69 Å². The number of hydrogen-bond donors (Lipinski definition) is 2. The second kappa shape index (κ2) is 8.55. The molecule has 6 nitrogen and oxygen atoms in total. The second-order valence-electron chi connectivity index (χ2n) is 7.21. The number of hydrogen-bond acceptors (Lipinski definition) is 7. The standard InChI is InChI=1S/C20H22N2O4S2/c23-17(19-22-16(10-27-19)20(24)25)6-4-12-2-1-3-13(12)9-26-14-5-7-18-15(8-14)21-11-28-18/h5,7-8,10-13,17,23H,1-4,6,9H2,(H,24,25)/t12-,13?,17?/m1/s1. The number of carboxylic acid groups (broad SMARTS) is 1. The van der Waals surface area contributed by atoms with Gasteiger partial charge in [-0.1, -0.05) is 12.8 Å². The van der Waals surface area contributed by atoms with Crippen LogP contribution in [0, 0.1) is 11.8 Å². The summed E-state index contributed by atoms with van der Waals surface area (Å²) in [6.45, 7) is 0.677. The van der Waals surface area contributed by atoms with Crippen molar-refractivity contribution in [3.05, 3.63) is 39.8 Å². The highest BCUT2D eigenvalue weighted by Crippen LogP contribution is 2.37. The molecular weight excluding hydrogens is 396 g/mol. The molecule has 148 valence electrons. The molecule has 1 aliphatic rings. The Hall–Kier alpha value is -2.03. The summed E-state index contributed by atoms with van der Waals surface area (Å²) in [4.78, 5) is 19.3. The summed E-state index contributed by atoms with van der Waals surface area (Å²) in [6.07, 6.45) is 4.25. The lowest BCUT2D eigenvalue weighted by atomic mass is 9.91. The third kappa shape index (κ3) is 4.34. The minimum Gasteiger partial charge on any atom is -0.493 e. The number of aromatic nitrogens is 2. The van der Waals surface area contributed by atoms with E-state index in [1.54, 1.807) is 11.3 Å². The number of carbonyl (C=O) groups is 1. The van der Waals surface area contributed by atoms with Crippen LogP contribution in [0.15, 0.2) is 29.1 Å². The maximum Gasteiger partial charge on any atom is 0.355 e. The van der Waals surface area contributed by atoms with Gasteiger partial charge < -0.3 is 14.9 Å². The van der Waals surface area contributed by atoms with Crippen molar-refractivity contribution in [1.82, 2.24) is 9.97 Å². The van der Waals surface area contributed by atoms with Gasteiger partial charge in [-0.25, -0.2) is 14.8 Å². The fourth-order valence-electron chi connectivity index (χ4n) is 3.88. The van der Waals surface area contributed by atoms with E-state index in [1.807, 2.05) is 23.7 Å². The number of ether oxygens (including phenoxy) is 1. The van der Waals surface area contributed by atoms with Crippen LogP contribution < -0.4 is 4.74 Å². The van der Waals surface area contributed by atoms with Gasteiger partial charge in [0, 0.05) is 11.4 Å². The molecule has 1 saturated carbocycles. The molecule has 0 spiro atoms. The molecule has 2 aromatic heterocycles. The lowest BCUT2D eigenvalue weighted by Crippen LogP contribution is -2.17. The van der Waals surface area contributed by atoms with Crippen molar-refractivity contribution < 1.29 is 19.7 Å². The molecule has 1 fully saturated rings. The molecule has 4 rings (SSSR count). The number of rotatable bonds is 8. The smallest absolute Gasteiger partial charge is 0.355 e. The number of nitrogens with zero attached hydrogens (tertiary/aromatic N) is 2. The molecule has 2 N–H and O–H groups in total. The van der Waals surface area contributed by atoms with E-state index in [0.29, 0.717) is 29.9 Å². The highest BCUT2D eigenvalue weighted by atomic mass is 32.1. The Kier molecular flexibility index (Phi) is 5.89. The maximum absolute atomic E-state index is 10.9. The van der Waals surface area contributed by atoms with E-state index in [1.165, 1.54) is 23.1 Å². The van der Waals surface area contributed by atoms with E-state index in [0.717, 1.165) is 35.2 Å². The topological polar surface area (TPSA) is 92.5 Å². The van der Waals surface area contributed by atoms with Crippen LogP contribution in [0.1, 0.15) is 53.7 Å². The third-order valence-corrected chi connectivity index (χ3v) is 7.18. The zero-order valence-electron chi connectivity index (χ0n) is 15.3. The Bertz CT molecular complexity index is 954. The minimum absolute atomic E-state index is 0.00303. The zero-order valence-corrected chi connectivity index (χ0v) is 16.9. The van der Waals surface area contributed by atoms with Crippen LogP contribution in [0.3, 0.4) is 0 Å². The molecule has 0 amide bonds. The first kappa shape index (κ1) is 19.3. The second-order valence-corrected chi connectivity index (χ2v) is 8.99. The zero-order chi connectivity index (χ0) is 19.5. The van der Waals surface area contributed by atoms with Crippen LogP contribution in [0.5, 0.6) is 5.75 Å². The summed E-state index contributed by atoms with van der Waals surface area (Å²) >= 11 is 2.83. The van der Waals surface area contributed by atoms with Gasteiger partial charge >= 0.3 is 5.97 Å². The number of thiazole rings is 2. The molecule has 0 aliphatic heterocycles. The summed E-state index contributed by atoms with van der Waals surface area (Å²) in [7, 11) is 0. The van der Waals surface area contributed by atoms with E-state index in [-0.39, 0.29) is 5.69 Å². The molecule has 3 aromatic rings. The van der Waals surface area contributed by atoms with Crippen molar-refractivity contribution in [2.24, 2.45) is 11.8 Å². The molecule has 0 radical (unpaired) electrons. The first-order valence-corrected chi connectivity index (χ1v) is 11.2. The first-order chi connectivity index (χ1) is 13.6. The van der Waals surface area contributed by atoms with E-state index in [9.17, 15) is 9.90 Å². The van der Waals surface area contributed by atoms with E-state index >= 15 is 0 Å². The Morgan fingerprint density at radius 3 is 2.96 bits per heavy atom. The summed E-state index contributed by atoms with van der Waals surface area (Å²) in [6, 6.07) is 6.03. The molecule has 2 heterocycles. The molecule has 3 atom stereocenters. The predicted molar refractivity (Wildman–Crippen MR) is 109 cm³/mol. The summed E-state index contributed by atoms with van der Waals surface area (Å²) in [5.74, 6) is 0.785. The van der Waals surface area contributed by atoms with E-state index in [4.69, 9.17) is 9.84 Å². The summed E-state index contributed by atoms with van der Waals surface area (Å²) < 4.78 is 7.21. The van der Waals surface area contributed by atoms with Crippen LogP contribution in [0.2, 0.25) is 0 Å². The quantitative estimate of drug-likeness (QED) is 0.548. The van der Waals surface area contributed by atoms with Gasteiger partial charge in [0.25, 0.3) is 0 Å². The van der Waals surface area contributed by atoms with Crippen molar-refractivity contribution in [2.45, 2.75) is 38.2 Å². The average molecular weight is 419 g/mol. The lowest BCUT2D eigenvalue weighted by Gasteiger charge is -2.21. The van der Waals surface area contributed by atoms with Crippen LogP contribution in [0.25, 0.3) is 10.2 Å². The fraction of sp³-hybridized carbons (Fsp3) is 0.450. The van der Waals surface area contributed by atoms with Crippen molar-refractivity contribution in [1.29, 1.82) is 0 Å². The molecular formula is C20H22N2O4S2. The van der Waals surface area contributed by atoms with Crippen molar-refractivity contribution in [2.75, 3.05) is 6.61 Å². The van der Waals surface area contributed by atoms with Gasteiger partial charge in [-0.2, -0.15) is 0 Å². The Morgan fingerprint density at radius 2 is 2.14 bits per heavy atom. The summed E-state index contributed by atoms with van der Waals surface area (Å²) in [5, 5.41) is 21.3. The number of carboxylic acids is 1. The van der Waals surface area contributed by atoms with Gasteiger partial charge in [-0.3, -0.25) is 0 Å². The fourth-order valence-corrected chi connectivity index (χ4v) is 5.35. The van der Waals surface area contributed by atoms with Gasteiger partial charge in [0.05, 0.1) is 22.3 Å². The monoisotopic (exact) mass is 418 g/mol. The third-order valence-electron chi connectivity index (χ3n) is 5.42. The number of aliphatic hydroxyl groups excluding tert-OH is 1. The molecule has 28 heavy (non-hydrogen) atoms. The molecule has 2 unspecified atom stereocenters. The van der Waals surface area contributed by atoms with E-state index < -0.39 is 12.1 Å². The number of aliphatic hydroxyl groups is 1. The van der Waals surface area contributed by atoms with Crippen LogP contribution >= 0.6 is 22.7 Å². The number of aromatic carboxylic acids is 1. The van der Waals surface area contributed by atoms with Crippen LogP contribution in [0.4, 0.5) is 0 Å². The van der Waals surface area contributed by atoms with Gasteiger partial charge in [-0.15, -0.1) is 22.7 Å². The lowest BCUT2D eigenvalue weighted by molar-refractivity contribution is 0.0690. The predicted octanol–water partition coefficient (Wildman–Crippen LogP) is 4.76. The molecule has 0 bridgehead atoms. The van der Waals surface area contributed by atoms with Crippen molar-refractivity contribution in [3.63, 3.8) is 0 Å². The Labute approximate surface area is 170 Å². The van der Waals surface area contributed by atoms with Crippen molar-refractivity contribution in [3.8, 4) is 5.75 Å². The molecule has 8 heteroatoms. The van der Waals surface area contributed by atoms with Gasteiger partial charge in [-0.05, 0) is 43.2 Å². The normalized spacial score (nSPS) is 20.5. The molecule has 0 saturated heterocycles.